The van der Waals surface area contributed by atoms with E-state index >= 15 is 0 Å². The number of rotatable bonds is 3. The lowest BCUT2D eigenvalue weighted by molar-refractivity contribution is 0.643. The van der Waals surface area contributed by atoms with Crippen LogP contribution in [0.3, 0.4) is 0 Å². The van der Waals surface area contributed by atoms with Gasteiger partial charge in [-0.05, 0) is 44.5 Å². The second-order valence-corrected chi connectivity index (χ2v) is 6.04. The molecule has 2 heterocycles. The highest BCUT2D eigenvalue weighted by Crippen LogP contribution is 2.29. The van der Waals surface area contributed by atoms with Gasteiger partial charge in [0.1, 0.15) is 16.9 Å². The molecular weight excluding hydrogens is 302 g/mol. The number of hydrogen-bond acceptors (Lipinski definition) is 5. The van der Waals surface area contributed by atoms with Crippen LogP contribution in [0.4, 0.5) is 11.5 Å². The highest BCUT2D eigenvalue weighted by molar-refractivity contribution is 5.89. The van der Waals surface area contributed by atoms with E-state index in [-0.39, 0.29) is 0 Å². The molecule has 2 N–H and O–H groups in total. The van der Waals surface area contributed by atoms with Gasteiger partial charge in [-0.25, -0.2) is 19.6 Å². The summed E-state index contributed by atoms with van der Waals surface area (Å²) in [4.78, 5) is 15.4. The van der Waals surface area contributed by atoms with Gasteiger partial charge in [0.25, 0.3) is 0 Å². The summed E-state index contributed by atoms with van der Waals surface area (Å²) in [6.07, 6.45) is 1.73. The number of fused-ring (bicyclic) bond motifs is 1. The van der Waals surface area contributed by atoms with Crippen molar-refractivity contribution in [2.75, 3.05) is 19.8 Å². The predicted octanol–water partition coefficient (Wildman–Crippen LogP) is 2.54. The summed E-state index contributed by atoms with van der Waals surface area (Å²) in [5.41, 5.74) is 11.0. The summed E-state index contributed by atoms with van der Waals surface area (Å²) in [7, 11) is 3.84. The van der Waals surface area contributed by atoms with Crippen LogP contribution < -0.4 is 5.73 Å². The van der Waals surface area contributed by atoms with Gasteiger partial charge in [-0.1, -0.05) is 0 Å². The van der Waals surface area contributed by atoms with Gasteiger partial charge < -0.3 is 10.6 Å². The van der Waals surface area contributed by atoms with Crippen LogP contribution in [0, 0.1) is 20.8 Å². The molecule has 124 valence electrons. The molecular formula is C17H21N7. The van der Waals surface area contributed by atoms with Gasteiger partial charge in [0, 0.05) is 19.8 Å². The topological polar surface area (TPSA) is 85.2 Å². The Bertz CT molecular complexity index is 938. The van der Waals surface area contributed by atoms with Gasteiger partial charge in [-0.2, -0.15) is 5.10 Å². The molecule has 0 saturated heterocycles. The van der Waals surface area contributed by atoms with Crippen LogP contribution in [0.25, 0.3) is 16.7 Å². The van der Waals surface area contributed by atoms with Crippen molar-refractivity contribution in [3.8, 4) is 5.69 Å². The molecule has 1 aromatic carbocycles. The van der Waals surface area contributed by atoms with Crippen molar-refractivity contribution < 1.29 is 0 Å². The maximum Gasteiger partial charge on any atom is 0.183 e. The average Bonchev–Trinajstić information content (AvgIpc) is 2.82. The average molecular weight is 323 g/mol. The van der Waals surface area contributed by atoms with Crippen molar-refractivity contribution in [3.05, 3.63) is 35.3 Å². The Balaban J connectivity index is 2.33. The second kappa shape index (κ2) is 5.92. The van der Waals surface area contributed by atoms with E-state index in [1.807, 2.05) is 62.6 Å². The van der Waals surface area contributed by atoms with Crippen molar-refractivity contribution in [1.82, 2.24) is 24.6 Å². The number of nitrogens with zero attached hydrogens (tertiary/aromatic N) is 6. The smallest absolute Gasteiger partial charge is 0.183 e. The van der Waals surface area contributed by atoms with Crippen LogP contribution in [0.2, 0.25) is 0 Å². The molecule has 0 amide bonds. The molecule has 3 aromatic rings. The Hall–Kier alpha value is -2.96. The summed E-state index contributed by atoms with van der Waals surface area (Å²) in [5.74, 6) is 1.27. The molecule has 0 bridgehead atoms. The molecule has 0 fully saturated rings. The third kappa shape index (κ3) is 2.80. The SMILES string of the molecule is Cc1nc(N=CN(C)C)c2c(n1)c(C)nn2-c1ccc(N)cc1C. The molecule has 3 rings (SSSR count). The van der Waals surface area contributed by atoms with E-state index < -0.39 is 0 Å². The van der Waals surface area contributed by atoms with E-state index in [4.69, 9.17) is 5.73 Å². The van der Waals surface area contributed by atoms with Crippen LogP contribution in [-0.4, -0.2) is 45.1 Å². The number of aliphatic imine (C=N–C) groups is 1. The first-order valence-electron chi connectivity index (χ1n) is 7.68. The lowest BCUT2D eigenvalue weighted by Gasteiger charge is -2.10. The normalized spacial score (nSPS) is 11.5. The van der Waals surface area contributed by atoms with E-state index in [1.54, 1.807) is 6.34 Å². The molecule has 0 atom stereocenters. The quantitative estimate of drug-likeness (QED) is 0.455. The number of aromatic nitrogens is 4. The third-order valence-electron chi connectivity index (χ3n) is 3.64. The maximum atomic E-state index is 5.87. The fraction of sp³-hybridized carbons (Fsp3) is 0.294. The minimum absolute atomic E-state index is 0.600. The zero-order valence-corrected chi connectivity index (χ0v) is 14.6. The van der Waals surface area contributed by atoms with Gasteiger partial charge in [0.2, 0.25) is 0 Å². The number of nitrogen functional groups attached to an aromatic ring is 1. The standard InChI is InChI=1S/C17H21N7/c1-10-8-13(18)6-7-14(10)24-16-15(11(2)22-24)20-12(3)21-17(16)19-9-23(4)5/h6-9H,18H2,1-5H3. The second-order valence-electron chi connectivity index (χ2n) is 6.04. The number of nitrogens with two attached hydrogens (primary N) is 1. The molecule has 0 spiro atoms. The predicted molar refractivity (Wildman–Crippen MR) is 97.1 cm³/mol. The summed E-state index contributed by atoms with van der Waals surface area (Å²) >= 11 is 0. The van der Waals surface area contributed by atoms with Crippen molar-refractivity contribution in [3.63, 3.8) is 0 Å². The van der Waals surface area contributed by atoms with E-state index in [0.29, 0.717) is 11.6 Å². The first-order valence-corrected chi connectivity index (χ1v) is 7.68. The molecule has 0 unspecified atom stereocenters. The van der Waals surface area contributed by atoms with Crippen LogP contribution in [-0.2, 0) is 0 Å². The minimum Gasteiger partial charge on any atom is -0.399 e. The van der Waals surface area contributed by atoms with Crippen LogP contribution >= 0.6 is 0 Å². The summed E-state index contributed by atoms with van der Waals surface area (Å²) in [6.45, 7) is 5.81. The lowest BCUT2D eigenvalue weighted by Crippen LogP contribution is -2.07. The Morgan fingerprint density at radius 3 is 2.58 bits per heavy atom. The van der Waals surface area contributed by atoms with E-state index in [0.717, 1.165) is 33.7 Å². The molecule has 0 saturated carbocycles. The summed E-state index contributed by atoms with van der Waals surface area (Å²) < 4.78 is 1.85. The largest absolute Gasteiger partial charge is 0.399 e. The van der Waals surface area contributed by atoms with Crippen molar-refractivity contribution in [1.29, 1.82) is 0 Å². The highest BCUT2D eigenvalue weighted by Gasteiger charge is 2.17. The Labute approximate surface area is 140 Å². The number of aryl methyl sites for hydroxylation is 3. The Morgan fingerprint density at radius 1 is 1.17 bits per heavy atom. The zero-order valence-electron chi connectivity index (χ0n) is 14.6. The molecule has 0 aliphatic heterocycles. The van der Waals surface area contributed by atoms with E-state index in [2.05, 4.69) is 20.1 Å². The van der Waals surface area contributed by atoms with Crippen molar-refractivity contribution in [2.45, 2.75) is 20.8 Å². The lowest BCUT2D eigenvalue weighted by atomic mass is 10.2. The van der Waals surface area contributed by atoms with E-state index in [1.165, 1.54) is 0 Å². The van der Waals surface area contributed by atoms with Gasteiger partial charge in [0.15, 0.2) is 5.82 Å². The maximum absolute atomic E-state index is 5.87. The molecule has 7 nitrogen and oxygen atoms in total. The number of hydrogen-bond donors (Lipinski definition) is 1. The first kappa shape index (κ1) is 15.9. The first-order chi connectivity index (χ1) is 11.4. The highest BCUT2D eigenvalue weighted by atomic mass is 15.3. The van der Waals surface area contributed by atoms with Gasteiger partial charge in [0.05, 0.1) is 17.7 Å². The van der Waals surface area contributed by atoms with Gasteiger partial charge in [-0.15, -0.1) is 0 Å². The molecule has 0 aliphatic rings. The van der Waals surface area contributed by atoms with Crippen LogP contribution in [0.5, 0.6) is 0 Å². The van der Waals surface area contributed by atoms with Crippen LogP contribution in [0.1, 0.15) is 17.1 Å². The monoisotopic (exact) mass is 323 g/mol. The van der Waals surface area contributed by atoms with Crippen molar-refractivity contribution in [2.24, 2.45) is 4.99 Å². The van der Waals surface area contributed by atoms with Crippen LogP contribution in [0.15, 0.2) is 23.2 Å². The molecule has 2 aromatic heterocycles. The molecule has 7 heteroatoms. The third-order valence-corrected chi connectivity index (χ3v) is 3.64. The fourth-order valence-electron chi connectivity index (χ4n) is 2.60. The number of anilines is 1. The molecule has 0 aliphatic carbocycles. The van der Waals surface area contributed by atoms with E-state index in [9.17, 15) is 0 Å². The zero-order chi connectivity index (χ0) is 17.4. The van der Waals surface area contributed by atoms with Gasteiger partial charge in [-0.3, -0.25) is 0 Å². The summed E-state index contributed by atoms with van der Waals surface area (Å²) in [5, 5.41) is 4.67. The number of benzene rings is 1. The Kier molecular flexibility index (Phi) is 3.92. The summed E-state index contributed by atoms with van der Waals surface area (Å²) in [6, 6.07) is 5.74. The van der Waals surface area contributed by atoms with Gasteiger partial charge >= 0.3 is 0 Å². The fourth-order valence-corrected chi connectivity index (χ4v) is 2.60. The van der Waals surface area contributed by atoms with Crippen molar-refractivity contribution >= 4 is 28.9 Å². The minimum atomic E-state index is 0.600. The molecule has 24 heavy (non-hydrogen) atoms. The molecule has 0 radical (unpaired) electrons. The Morgan fingerprint density at radius 2 is 1.92 bits per heavy atom.